The van der Waals surface area contributed by atoms with Gasteiger partial charge in [-0.05, 0) is 47.7 Å². The molecule has 4 heteroatoms. The van der Waals surface area contributed by atoms with Crippen LogP contribution in [-0.2, 0) is 9.53 Å². The van der Waals surface area contributed by atoms with E-state index in [9.17, 15) is 4.79 Å². The molecule has 0 aromatic heterocycles. The summed E-state index contributed by atoms with van der Waals surface area (Å²) in [6, 6.07) is 0. The standard InChI is InChI=1S/C14H30N2O2/c1-8-13(4,5)16(7)11-14(6,15-9-2)12(17)18-10-3/h15H,8-11H2,1-7H3. The predicted molar refractivity (Wildman–Crippen MR) is 75.7 cm³/mol. The molecule has 0 aromatic rings. The Balaban J connectivity index is 4.85. The summed E-state index contributed by atoms with van der Waals surface area (Å²) in [7, 11) is 2.05. The van der Waals surface area contributed by atoms with Gasteiger partial charge in [0.1, 0.15) is 5.54 Å². The molecule has 0 bridgehead atoms. The minimum Gasteiger partial charge on any atom is -0.465 e. The van der Waals surface area contributed by atoms with Crippen molar-refractivity contribution in [1.82, 2.24) is 10.2 Å². The summed E-state index contributed by atoms with van der Waals surface area (Å²) in [6.07, 6.45) is 1.04. The van der Waals surface area contributed by atoms with Crippen LogP contribution in [0.25, 0.3) is 0 Å². The van der Waals surface area contributed by atoms with Crippen LogP contribution in [0.3, 0.4) is 0 Å². The maximum atomic E-state index is 12.1. The van der Waals surface area contributed by atoms with Gasteiger partial charge in [-0.15, -0.1) is 0 Å². The molecule has 0 fully saturated rings. The van der Waals surface area contributed by atoms with Crippen molar-refractivity contribution in [2.24, 2.45) is 0 Å². The van der Waals surface area contributed by atoms with Gasteiger partial charge >= 0.3 is 5.97 Å². The summed E-state index contributed by atoms with van der Waals surface area (Å²) < 4.78 is 5.18. The zero-order valence-corrected chi connectivity index (χ0v) is 13.1. The Morgan fingerprint density at radius 2 is 1.78 bits per heavy atom. The van der Waals surface area contributed by atoms with Crippen LogP contribution in [0, 0.1) is 0 Å². The van der Waals surface area contributed by atoms with Crippen LogP contribution in [0.15, 0.2) is 0 Å². The van der Waals surface area contributed by atoms with E-state index < -0.39 is 5.54 Å². The minimum absolute atomic E-state index is 0.0726. The average Bonchev–Trinajstić information content (AvgIpc) is 2.29. The molecule has 1 N–H and O–H groups in total. The molecule has 0 rings (SSSR count). The minimum atomic E-state index is -0.647. The second kappa shape index (κ2) is 7.10. The molecule has 0 aromatic carbocycles. The molecule has 0 amide bonds. The Hall–Kier alpha value is -0.610. The van der Waals surface area contributed by atoms with Gasteiger partial charge in [-0.25, -0.2) is 0 Å². The fourth-order valence-corrected chi connectivity index (χ4v) is 1.83. The largest absolute Gasteiger partial charge is 0.465 e. The van der Waals surface area contributed by atoms with Gasteiger partial charge in [0, 0.05) is 12.1 Å². The number of nitrogens with one attached hydrogen (secondary N) is 1. The van der Waals surface area contributed by atoms with E-state index in [0.29, 0.717) is 13.2 Å². The average molecular weight is 258 g/mol. The Labute approximate surface area is 112 Å². The molecule has 0 aliphatic rings. The summed E-state index contributed by atoms with van der Waals surface area (Å²) in [6.45, 7) is 14.1. The Bertz CT molecular complexity index is 267. The van der Waals surface area contributed by atoms with E-state index in [4.69, 9.17) is 4.74 Å². The summed E-state index contributed by atoms with van der Waals surface area (Å²) in [5.41, 5.74) is -0.574. The van der Waals surface area contributed by atoms with Crippen LogP contribution < -0.4 is 5.32 Å². The van der Waals surface area contributed by atoms with Crippen LogP contribution in [0.1, 0.15) is 48.0 Å². The normalized spacial score (nSPS) is 15.6. The molecule has 4 nitrogen and oxygen atoms in total. The smallest absolute Gasteiger partial charge is 0.327 e. The lowest BCUT2D eigenvalue weighted by atomic mass is 9.95. The predicted octanol–water partition coefficient (Wildman–Crippen LogP) is 2.04. The zero-order valence-electron chi connectivity index (χ0n) is 13.1. The van der Waals surface area contributed by atoms with E-state index in [0.717, 1.165) is 13.0 Å². The van der Waals surface area contributed by atoms with E-state index in [-0.39, 0.29) is 11.5 Å². The molecule has 0 radical (unpaired) electrons. The third-order valence-electron chi connectivity index (χ3n) is 3.74. The molecule has 0 aliphatic carbocycles. The lowest BCUT2D eigenvalue weighted by Crippen LogP contribution is -2.60. The van der Waals surface area contributed by atoms with Crippen molar-refractivity contribution in [3.63, 3.8) is 0 Å². The highest BCUT2D eigenvalue weighted by molar-refractivity contribution is 5.80. The first-order chi connectivity index (χ1) is 8.23. The molecule has 18 heavy (non-hydrogen) atoms. The van der Waals surface area contributed by atoms with E-state index in [2.05, 4.69) is 38.0 Å². The summed E-state index contributed by atoms with van der Waals surface area (Å²) in [4.78, 5) is 14.3. The van der Waals surface area contributed by atoms with Gasteiger partial charge in [0.05, 0.1) is 6.61 Å². The number of rotatable bonds is 8. The Morgan fingerprint density at radius 1 is 1.22 bits per heavy atom. The van der Waals surface area contributed by atoms with Gasteiger partial charge in [-0.1, -0.05) is 13.8 Å². The van der Waals surface area contributed by atoms with Crippen molar-refractivity contribution in [2.45, 2.75) is 59.0 Å². The van der Waals surface area contributed by atoms with E-state index in [1.54, 1.807) is 0 Å². The zero-order chi connectivity index (χ0) is 14.4. The van der Waals surface area contributed by atoms with Crippen molar-refractivity contribution >= 4 is 5.97 Å². The van der Waals surface area contributed by atoms with Crippen LogP contribution >= 0.6 is 0 Å². The number of carbonyl (C=O) groups is 1. The maximum absolute atomic E-state index is 12.1. The number of hydrogen-bond donors (Lipinski definition) is 1. The van der Waals surface area contributed by atoms with E-state index >= 15 is 0 Å². The molecule has 0 aliphatic heterocycles. The van der Waals surface area contributed by atoms with E-state index in [1.807, 2.05) is 20.8 Å². The Morgan fingerprint density at radius 3 is 2.17 bits per heavy atom. The molecular weight excluding hydrogens is 228 g/mol. The van der Waals surface area contributed by atoms with Gasteiger partial charge in [0.25, 0.3) is 0 Å². The van der Waals surface area contributed by atoms with Crippen molar-refractivity contribution in [2.75, 3.05) is 26.7 Å². The first-order valence-corrected chi connectivity index (χ1v) is 6.87. The lowest BCUT2D eigenvalue weighted by Gasteiger charge is -2.40. The van der Waals surface area contributed by atoms with Crippen LogP contribution in [0.5, 0.6) is 0 Å². The van der Waals surface area contributed by atoms with E-state index in [1.165, 1.54) is 0 Å². The fourth-order valence-electron chi connectivity index (χ4n) is 1.83. The third-order valence-corrected chi connectivity index (χ3v) is 3.74. The third kappa shape index (κ3) is 4.58. The topological polar surface area (TPSA) is 41.6 Å². The van der Waals surface area contributed by atoms with Crippen molar-refractivity contribution in [1.29, 1.82) is 0 Å². The maximum Gasteiger partial charge on any atom is 0.327 e. The highest BCUT2D eigenvalue weighted by Crippen LogP contribution is 2.20. The SMILES string of the molecule is CCNC(C)(CN(C)C(C)(C)CC)C(=O)OCC. The summed E-state index contributed by atoms with van der Waals surface area (Å²) in [5.74, 6) is -0.175. The van der Waals surface area contributed by atoms with Crippen LogP contribution in [-0.4, -0.2) is 48.7 Å². The molecule has 0 heterocycles. The molecule has 108 valence electrons. The number of nitrogens with zero attached hydrogens (tertiary/aromatic N) is 1. The quantitative estimate of drug-likeness (QED) is 0.677. The first-order valence-electron chi connectivity index (χ1n) is 6.87. The highest BCUT2D eigenvalue weighted by Gasteiger charge is 2.37. The number of likely N-dealkylation sites (N-methyl/N-ethyl adjacent to an activating group) is 2. The number of hydrogen-bond acceptors (Lipinski definition) is 4. The number of esters is 1. The lowest BCUT2D eigenvalue weighted by molar-refractivity contribution is -0.151. The molecule has 0 spiro atoms. The molecular formula is C14H30N2O2. The first kappa shape index (κ1) is 17.4. The fraction of sp³-hybridized carbons (Fsp3) is 0.929. The summed E-state index contributed by atoms with van der Waals surface area (Å²) >= 11 is 0. The Kier molecular flexibility index (Phi) is 6.86. The second-order valence-corrected chi connectivity index (χ2v) is 5.60. The molecule has 1 unspecified atom stereocenters. The van der Waals surface area contributed by atoms with Gasteiger partial charge in [-0.3, -0.25) is 9.69 Å². The summed E-state index contributed by atoms with van der Waals surface area (Å²) in [5, 5.41) is 3.25. The highest BCUT2D eigenvalue weighted by atomic mass is 16.5. The van der Waals surface area contributed by atoms with Crippen molar-refractivity contribution < 1.29 is 9.53 Å². The van der Waals surface area contributed by atoms with Gasteiger partial charge in [0.2, 0.25) is 0 Å². The molecule has 1 atom stereocenters. The second-order valence-electron chi connectivity index (χ2n) is 5.60. The van der Waals surface area contributed by atoms with Gasteiger partial charge in [0.15, 0.2) is 0 Å². The van der Waals surface area contributed by atoms with Gasteiger partial charge in [-0.2, -0.15) is 0 Å². The van der Waals surface area contributed by atoms with Crippen LogP contribution in [0.2, 0.25) is 0 Å². The van der Waals surface area contributed by atoms with Crippen molar-refractivity contribution in [3.8, 4) is 0 Å². The van der Waals surface area contributed by atoms with Crippen molar-refractivity contribution in [3.05, 3.63) is 0 Å². The monoisotopic (exact) mass is 258 g/mol. The molecule has 0 saturated carbocycles. The van der Waals surface area contributed by atoms with Gasteiger partial charge < -0.3 is 10.1 Å². The number of ether oxygens (including phenoxy) is 1. The number of carbonyl (C=O) groups excluding carboxylic acids is 1. The van der Waals surface area contributed by atoms with Crippen LogP contribution in [0.4, 0.5) is 0 Å². The molecule has 0 saturated heterocycles.